The molecular weight excluding hydrogens is 268 g/mol. The maximum atomic E-state index is 12.9. The Balaban J connectivity index is 2.12. The van der Waals surface area contributed by atoms with Crippen molar-refractivity contribution >= 4 is 11.8 Å². The Hall–Kier alpha value is -1.10. The standard InChI is InChI=1S/C16H28N2O3/c1-4-11(2)15-16(20)18(8-5-14(19)17-15)12(3)13-6-9-21-10-7-13/h11-13,15H,4-10H2,1-3H3,(H,17,19). The number of hydrogen-bond donors (Lipinski definition) is 1. The minimum atomic E-state index is -0.368. The van der Waals surface area contributed by atoms with Gasteiger partial charge in [-0.15, -0.1) is 0 Å². The van der Waals surface area contributed by atoms with Crippen molar-refractivity contribution in [3.8, 4) is 0 Å². The van der Waals surface area contributed by atoms with Crippen molar-refractivity contribution in [3.63, 3.8) is 0 Å². The van der Waals surface area contributed by atoms with Gasteiger partial charge in [-0.05, 0) is 31.6 Å². The van der Waals surface area contributed by atoms with E-state index in [2.05, 4.69) is 19.2 Å². The van der Waals surface area contributed by atoms with Gasteiger partial charge >= 0.3 is 0 Å². The lowest BCUT2D eigenvalue weighted by atomic mass is 9.90. The van der Waals surface area contributed by atoms with E-state index in [1.54, 1.807) is 0 Å². The number of carbonyl (C=O) groups excluding carboxylic acids is 2. The second-order valence-corrected chi connectivity index (χ2v) is 6.40. The van der Waals surface area contributed by atoms with Crippen LogP contribution in [0.25, 0.3) is 0 Å². The van der Waals surface area contributed by atoms with Crippen molar-refractivity contribution in [2.45, 2.75) is 58.5 Å². The fraction of sp³-hybridized carbons (Fsp3) is 0.875. The molecule has 0 radical (unpaired) electrons. The van der Waals surface area contributed by atoms with Crippen molar-refractivity contribution in [1.29, 1.82) is 0 Å². The van der Waals surface area contributed by atoms with Gasteiger partial charge in [-0.25, -0.2) is 0 Å². The molecule has 5 nitrogen and oxygen atoms in total. The normalized spacial score (nSPS) is 28.0. The summed E-state index contributed by atoms with van der Waals surface area (Å²) in [6.07, 6.45) is 3.29. The van der Waals surface area contributed by atoms with Crippen LogP contribution in [0.1, 0.15) is 46.5 Å². The second-order valence-electron chi connectivity index (χ2n) is 6.40. The summed E-state index contributed by atoms with van der Waals surface area (Å²) in [6.45, 7) is 8.31. The molecule has 0 aromatic carbocycles. The van der Waals surface area contributed by atoms with Gasteiger partial charge in [0.25, 0.3) is 0 Å². The Morgan fingerprint density at radius 2 is 1.95 bits per heavy atom. The predicted molar refractivity (Wildman–Crippen MR) is 80.7 cm³/mol. The third-order valence-corrected chi connectivity index (χ3v) is 5.10. The van der Waals surface area contributed by atoms with E-state index in [0.29, 0.717) is 18.9 Å². The number of ether oxygens (including phenoxy) is 1. The molecule has 2 aliphatic heterocycles. The summed E-state index contributed by atoms with van der Waals surface area (Å²) < 4.78 is 5.41. The SMILES string of the molecule is CCC(C)C1NC(=O)CCN(C(C)C2CCOCC2)C1=O. The Labute approximate surface area is 127 Å². The smallest absolute Gasteiger partial charge is 0.245 e. The number of rotatable bonds is 4. The van der Waals surface area contributed by atoms with Gasteiger partial charge in [0, 0.05) is 32.2 Å². The summed E-state index contributed by atoms with van der Waals surface area (Å²) in [6, 6.07) is -0.187. The predicted octanol–water partition coefficient (Wildman–Crippen LogP) is 1.56. The molecule has 2 aliphatic rings. The highest BCUT2D eigenvalue weighted by Crippen LogP contribution is 2.25. The van der Waals surface area contributed by atoms with Crippen LogP contribution in [-0.4, -0.2) is 48.6 Å². The number of amides is 2. The molecule has 2 fully saturated rings. The lowest BCUT2D eigenvalue weighted by Gasteiger charge is -2.37. The van der Waals surface area contributed by atoms with Gasteiger partial charge < -0.3 is 15.0 Å². The molecule has 21 heavy (non-hydrogen) atoms. The molecule has 2 heterocycles. The van der Waals surface area contributed by atoms with E-state index in [4.69, 9.17) is 4.74 Å². The quantitative estimate of drug-likeness (QED) is 0.856. The molecule has 2 saturated heterocycles. The van der Waals surface area contributed by atoms with Gasteiger partial charge in [-0.1, -0.05) is 20.3 Å². The highest BCUT2D eigenvalue weighted by Gasteiger charge is 2.37. The summed E-state index contributed by atoms with van der Waals surface area (Å²) in [7, 11) is 0. The minimum Gasteiger partial charge on any atom is -0.381 e. The first kappa shape index (κ1) is 16.3. The number of carbonyl (C=O) groups is 2. The highest BCUT2D eigenvalue weighted by molar-refractivity contribution is 5.90. The average Bonchev–Trinajstić information content (AvgIpc) is 2.66. The van der Waals surface area contributed by atoms with E-state index in [9.17, 15) is 9.59 Å². The molecule has 2 amide bonds. The monoisotopic (exact) mass is 296 g/mol. The first-order valence-corrected chi connectivity index (χ1v) is 8.22. The summed E-state index contributed by atoms with van der Waals surface area (Å²) in [5.41, 5.74) is 0. The molecule has 5 heteroatoms. The fourth-order valence-corrected chi connectivity index (χ4v) is 3.30. The zero-order chi connectivity index (χ0) is 15.4. The van der Waals surface area contributed by atoms with Crippen LogP contribution in [0.5, 0.6) is 0 Å². The van der Waals surface area contributed by atoms with Gasteiger partial charge in [0.2, 0.25) is 11.8 Å². The van der Waals surface area contributed by atoms with Crippen LogP contribution in [0.4, 0.5) is 0 Å². The van der Waals surface area contributed by atoms with Crippen molar-refractivity contribution in [2.24, 2.45) is 11.8 Å². The van der Waals surface area contributed by atoms with E-state index in [-0.39, 0.29) is 29.8 Å². The number of hydrogen-bond acceptors (Lipinski definition) is 3. The van der Waals surface area contributed by atoms with Crippen molar-refractivity contribution < 1.29 is 14.3 Å². The van der Waals surface area contributed by atoms with E-state index in [1.165, 1.54) is 0 Å². The van der Waals surface area contributed by atoms with Gasteiger partial charge in [-0.3, -0.25) is 9.59 Å². The molecule has 0 bridgehead atoms. The number of nitrogens with zero attached hydrogens (tertiary/aromatic N) is 1. The summed E-state index contributed by atoms with van der Waals surface area (Å²) in [4.78, 5) is 26.7. The number of nitrogens with one attached hydrogen (secondary N) is 1. The molecule has 1 N–H and O–H groups in total. The largest absolute Gasteiger partial charge is 0.381 e. The Bertz CT molecular complexity index is 380. The molecule has 0 spiro atoms. The van der Waals surface area contributed by atoms with Gasteiger partial charge in [-0.2, -0.15) is 0 Å². The molecule has 2 rings (SSSR count). The molecule has 0 aliphatic carbocycles. The van der Waals surface area contributed by atoms with E-state index in [1.807, 2.05) is 11.8 Å². The Morgan fingerprint density at radius 3 is 2.57 bits per heavy atom. The van der Waals surface area contributed by atoms with Crippen molar-refractivity contribution in [2.75, 3.05) is 19.8 Å². The minimum absolute atomic E-state index is 0.00433. The lowest BCUT2D eigenvalue weighted by molar-refractivity contribution is -0.138. The van der Waals surface area contributed by atoms with Gasteiger partial charge in [0.15, 0.2) is 0 Å². The van der Waals surface area contributed by atoms with Crippen molar-refractivity contribution in [1.82, 2.24) is 10.2 Å². The molecule has 120 valence electrons. The molecular formula is C16H28N2O3. The first-order chi connectivity index (χ1) is 10.0. The molecule has 3 unspecified atom stereocenters. The van der Waals surface area contributed by atoms with Crippen LogP contribution in [-0.2, 0) is 14.3 Å². The molecule has 0 aromatic heterocycles. The van der Waals surface area contributed by atoms with Crippen LogP contribution in [0.3, 0.4) is 0 Å². The maximum absolute atomic E-state index is 12.9. The second kappa shape index (κ2) is 7.25. The fourth-order valence-electron chi connectivity index (χ4n) is 3.30. The Morgan fingerprint density at radius 1 is 1.29 bits per heavy atom. The van der Waals surface area contributed by atoms with Gasteiger partial charge in [0.05, 0.1) is 0 Å². The topological polar surface area (TPSA) is 58.6 Å². The van der Waals surface area contributed by atoms with Gasteiger partial charge in [0.1, 0.15) is 6.04 Å². The van der Waals surface area contributed by atoms with Crippen molar-refractivity contribution in [3.05, 3.63) is 0 Å². The highest BCUT2D eigenvalue weighted by atomic mass is 16.5. The Kier molecular flexibility index (Phi) is 5.62. The van der Waals surface area contributed by atoms with Crippen LogP contribution in [0, 0.1) is 11.8 Å². The van der Waals surface area contributed by atoms with E-state index >= 15 is 0 Å². The molecule has 0 aromatic rings. The van der Waals surface area contributed by atoms with Crippen LogP contribution >= 0.6 is 0 Å². The summed E-state index contributed by atoms with van der Waals surface area (Å²) >= 11 is 0. The third kappa shape index (κ3) is 3.76. The van der Waals surface area contributed by atoms with E-state index in [0.717, 1.165) is 32.5 Å². The van der Waals surface area contributed by atoms with Crippen LogP contribution in [0.15, 0.2) is 0 Å². The average molecular weight is 296 g/mol. The summed E-state index contributed by atoms with van der Waals surface area (Å²) in [5, 5.41) is 2.91. The zero-order valence-corrected chi connectivity index (χ0v) is 13.4. The third-order valence-electron chi connectivity index (χ3n) is 5.10. The molecule has 0 saturated carbocycles. The maximum Gasteiger partial charge on any atom is 0.245 e. The lowest BCUT2D eigenvalue weighted by Crippen LogP contribution is -2.52. The van der Waals surface area contributed by atoms with Crippen LogP contribution < -0.4 is 5.32 Å². The zero-order valence-electron chi connectivity index (χ0n) is 13.4. The molecule has 3 atom stereocenters. The first-order valence-electron chi connectivity index (χ1n) is 8.22. The van der Waals surface area contributed by atoms with E-state index < -0.39 is 0 Å². The summed E-state index contributed by atoms with van der Waals surface area (Å²) in [5.74, 6) is 0.738. The van der Waals surface area contributed by atoms with Crippen LogP contribution in [0.2, 0.25) is 0 Å².